The van der Waals surface area contributed by atoms with Crippen LogP contribution in [-0.4, -0.2) is 19.9 Å². The number of nitrogens with zero attached hydrogens (tertiary/aromatic N) is 1. The van der Waals surface area contributed by atoms with Crippen molar-refractivity contribution in [3.8, 4) is 0 Å². The van der Waals surface area contributed by atoms with Crippen molar-refractivity contribution in [2.45, 2.75) is 18.7 Å². The van der Waals surface area contributed by atoms with E-state index in [0.717, 1.165) is 5.56 Å². The quantitative estimate of drug-likeness (QED) is 0.885. The van der Waals surface area contributed by atoms with E-state index in [1.807, 2.05) is 19.9 Å². The number of rotatable bonds is 5. The van der Waals surface area contributed by atoms with Crippen molar-refractivity contribution in [3.05, 3.63) is 47.1 Å². The van der Waals surface area contributed by atoms with Crippen molar-refractivity contribution < 1.29 is 8.42 Å². The highest BCUT2D eigenvalue weighted by Gasteiger charge is 2.16. The average molecular weight is 326 g/mol. The van der Waals surface area contributed by atoms with Crippen molar-refractivity contribution in [1.29, 1.82) is 0 Å². The maximum Gasteiger partial charge on any atom is 0.262 e. The second kappa shape index (κ2) is 6.32. The summed E-state index contributed by atoms with van der Waals surface area (Å²) < 4.78 is 27.3. The number of benzene rings is 1. The van der Waals surface area contributed by atoms with E-state index in [0.29, 0.717) is 23.1 Å². The van der Waals surface area contributed by atoms with Crippen molar-refractivity contribution in [3.63, 3.8) is 0 Å². The van der Waals surface area contributed by atoms with Crippen LogP contribution in [0, 0.1) is 6.92 Å². The predicted octanol–water partition coefficient (Wildman–Crippen LogP) is 3.28. The number of aromatic nitrogens is 1. The van der Waals surface area contributed by atoms with Crippen molar-refractivity contribution >= 4 is 33.1 Å². The molecule has 0 aliphatic heterocycles. The van der Waals surface area contributed by atoms with Gasteiger partial charge in [0.25, 0.3) is 10.0 Å². The molecule has 0 aliphatic carbocycles. The number of pyridine rings is 1. The molecule has 0 aliphatic rings. The molecule has 2 rings (SSSR count). The first-order valence-electron chi connectivity index (χ1n) is 6.41. The fraction of sp³-hybridized carbons (Fsp3) is 0.214. The van der Waals surface area contributed by atoms with Gasteiger partial charge in [-0.1, -0.05) is 17.7 Å². The summed E-state index contributed by atoms with van der Waals surface area (Å²) in [6.45, 7) is 4.44. The van der Waals surface area contributed by atoms with Crippen LogP contribution in [0.2, 0.25) is 5.02 Å². The van der Waals surface area contributed by atoms with Crippen molar-refractivity contribution in [2.75, 3.05) is 16.6 Å². The molecule has 1 aromatic heterocycles. The number of halogens is 1. The third kappa shape index (κ3) is 3.86. The van der Waals surface area contributed by atoms with E-state index in [1.165, 1.54) is 18.3 Å². The van der Waals surface area contributed by atoms with Crippen LogP contribution in [0.4, 0.5) is 11.5 Å². The summed E-state index contributed by atoms with van der Waals surface area (Å²) in [6.07, 6.45) is 1.45. The molecule has 0 amide bonds. The lowest BCUT2D eigenvalue weighted by molar-refractivity contribution is 0.601. The largest absolute Gasteiger partial charge is 0.370 e. The minimum absolute atomic E-state index is 0.131. The molecule has 5 nitrogen and oxygen atoms in total. The molecule has 2 aromatic rings. The van der Waals surface area contributed by atoms with Gasteiger partial charge in [-0.2, -0.15) is 0 Å². The Bertz CT molecular complexity index is 748. The Balaban J connectivity index is 2.34. The number of hydrogen-bond acceptors (Lipinski definition) is 4. The molecule has 0 bridgehead atoms. The minimum atomic E-state index is -3.71. The van der Waals surface area contributed by atoms with E-state index in [-0.39, 0.29) is 4.90 Å². The van der Waals surface area contributed by atoms with Crippen LogP contribution in [0.5, 0.6) is 0 Å². The Morgan fingerprint density at radius 2 is 2.00 bits per heavy atom. The number of sulfonamides is 1. The smallest absolute Gasteiger partial charge is 0.262 e. The normalized spacial score (nSPS) is 11.2. The van der Waals surface area contributed by atoms with Gasteiger partial charge < -0.3 is 5.32 Å². The Morgan fingerprint density at radius 3 is 2.71 bits per heavy atom. The van der Waals surface area contributed by atoms with E-state index < -0.39 is 10.0 Å². The number of anilines is 2. The van der Waals surface area contributed by atoms with E-state index in [9.17, 15) is 8.42 Å². The molecule has 0 unspecified atom stereocenters. The summed E-state index contributed by atoms with van der Waals surface area (Å²) in [5.41, 5.74) is 1.28. The molecular weight excluding hydrogens is 310 g/mol. The summed E-state index contributed by atoms with van der Waals surface area (Å²) >= 11 is 6.02. The number of hydrogen-bond donors (Lipinski definition) is 2. The third-order valence-corrected chi connectivity index (χ3v) is 4.46. The Labute approximate surface area is 129 Å². The molecular formula is C14H16ClN3O2S. The average Bonchev–Trinajstić information content (AvgIpc) is 2.43. The summed E-state index contributed by atoms with van der Waals surface area (Å²) in [5.74, 6) is 0.510. The molecule has 0 spiro atoms. The summed E-state index contributed by atoms with van der Waals surface area (Å²) in [5, 5.41) is 3.33. The van der Waals surface area contributed by atoms with Gasteiger partial charge in [0.15, 0.2) is 0 Å². The molecule has 21 heavy (non-hydrogen) atoms. The van der Waals surface area contributed by atoms with Crippen LogP contribution in [0.3, 0.4) is 0 Å². The maximum atomic E-state index is 12.4. The zero-order valence-electron chi connectivity index (χ0n) is 11.7. The lowest BCUT2D eigenvalue weighted by Gasteiger charge is -2.11. The second-order valence-corrected chi connectivity index (χ2v) is 6.59. The van der Waals surface area contributed by atoms with Gasteiger partial charge in [0.05, 0.1) is 15.6 Å². The van der Waals surface area contributed by atoms with E-state index in [1.54, 1.807) is 12.1 Å². The molecule has 112 valence electrons. The first-order valence-corrected chi connectivity index (χ1v) is 8.27. The van der Waals surface area contributed by atoms with Gasteiger partial charge in [0, 0.05) is 18.8 Å². The van der Waals surface area contributed by atoms with Crippen LogP contribution in [-0.2, 0) is 10.0 Å². The Morgan fingerprint density at radius 1 is 1.24 bits per heavy atom. The monoisotopic (exact) mass is 325 g/mol. The second-order valence-electron chi connectivity index (χ2n) is 4.50. The molecule has 0 radical (unpaired) electrons. The lowest BCUT2D eigenvalue weighted by atomic mass is 10.2. The third-order valence-electron chi connectivity index (χ3n) is 2.77. The van der Waals surface area contributed by atoms with Gasteiger partial charge in [0.1, 0.15) is 5.82 Å². The molecule has 0 atom stereocenters. The van der Waals surface area contributed by atoms with E-state index >= 15 is 0 Å². The highest BCUT2D eigenvalue weighted by molar-refractivity contribution is 7.92. The first-order chi connectivity index (χ1) is 9.92. The fourth-order valence-corrected chi connectivity index (χ4v) is 3.08. The van der Waals surface area contributed by atoms with Crippen LogP contribution in [0.25, 0.3) is 0 Å². The molecule has 0 fully saturated rings. The highest BCUT2D eigenvalue weighted by Crippen LogP contribution is 2.26. The zero-order valence-corrected chi connectivity index (χ0v) is 13.3. The maximum absolute atomic E-state index is 12.4. The molecule has 1 heterocycles. The zero-order chi connectivity index (χ0) is 15.5. The molecule has 0 saturated carbocycles. The van der Waals surface area contributed by atoms with E-state index in [4.69, 9.17) is 11.6 Å². The predicted molar refractivity (Wildman–Crippen MR) is 85.4 cm³/mol. The number of aryl methyl sites for hydroxylation is 1. The number of nitrogens with one attached hydrogen (secondary N) is 2. The minimum Gasteiger partial charge on any atom is -0.370 e. The van der Waals surface area contributed by atoms with Gasteiger partial charge in [0.2, 0.25) is 0 Å². The van der Waals surface area contributed by atoms with Crippen LogP contribution in [0.15, 0.2) is 41.4 Å². The fourth-order valence-electron chi connectivity index (χ4n) is 1.78. The van der Waals surface area contributed by atoms with Gasteiger partial charge >= 0.3 is 0 Å². The Hall–Kier alpha value is -1.79. The molecule has 7 heteroatoms. The van der Waals surface area contributed by atoms with Crippen LogP contribution in [0.1, 0.15) is 12.5 Å². The SMILES string of the molecule is CCNc1cc(S(=O)(=O)Nc2cc(C)ccc2Cl)ccn1. The van der Waals surface area contributed by atoms with Gasteiger partial charge in [-0.3, -0.25) is 4.72 Å². The molecule has 1 aromatic carbocycles. The topological polar surface area (TPSA) is 71.1 Å². The van der Waals surface area contributed by atoms with Crippen LogP contribution >= 0.6 is 11.6 Å². The summed E-state index contributed by atoms with van der Waals surface area (Å²) in [4.78, 5) is 4.18. The first kappa shape index (κ1) is 15.6. The van der Waals surface area contributed by atoms with Crippen LogP contribution < -0.4 is 10.0 Å². The molecule has 0 saturated heterocycles. The van der Waals surface area contributed by atoms with Crippen molar-refractivity contribution in [1.82, 2.24) is 4.98 Å². The van der Waals surface area contributed by atoms with Crippen molar-refractivity contribution in [2.24, 2.45) is 0 Å². The standard InChI is InChI=1S/C14H16ClN3O2S/c1-3-16-14-9-11(6-7-17-14)21(19,20)18-13-8-10(2)4-5-12(13)15/h4-9,18H,3H2,1-2H3,(H,16,17). The lowest BCUT2D eigenvalue weighted by Crippen LogP contribution is -2.14. The van der Waals surface area contributed by atoms with Gasteiger partial charge in [-0.15, -0.1) is 0 Å². The van der Waals surface area contributed by atoms with E-state index in [2.05, 4.69) is 15.0 Å². The van der Waals surface area contributed by atoms with Gasteiger partial charge in [-0.25, -0.2) is 13.4 Å². The summed E-state index contributed by atoms with van der Waals surface area (Å²) in [7, 11) is -3.71. The molecule has 2 N–H and O–H groups in total. The van der Waals surface area contributed by atoms with Gasteiger partial charge in [-0.05, 0) is 37.6 Å². The highest BCUT2D eigenvalue weighted by atomic mass is 35.5. The Kier molecular flexibility index (Phi) is 4.69. The summed E-state index contributed by atoms with van der Waals surface area (Å²) in [6, 6.07) is 8.08.